The molecule has 0 rings (SSSR count). The average Bonchev–Trinajstić information content (AvgIpc) is 3.36. The van der Waals surface area contributed by atoms with Gasteiger partial charge in [0, 0.05) is 19.3 Å². The fourth-order valence-corrected chi connectivity index (χ4v) is 8.22. The number of unbranched alkanes of at least 4 members (excludes halogenated alkanes) is 28. The molecular formula is C64H110O6. The first-order valence-electron chi connectivity index (χ1n) is 29.6. The van der Waals surface area contributed by atoms with Crippen LogP contribution in [0.4, 0.5) is 0 Å². The normalized spacial score (nSPS) is 12.7. The average molecular weight is 976 g/mol. The van der Waals surface area contributed by atoms with Crippen LogP contribution in [0.5, 0.6) is 0 Å². The number of ether oxygens (including phenoxy) is 3. The van der Waals surface area contributed by atoms with Crippen molar-refractivity contribution in [1.29, 1.82) is 0 Å². The lowest BCUT2D eigenvalue weighted by atomic mass is 10.0. The number of esters is 3. The number of hydrogen-bond donors (Lipinski definition) is 0. The van der Waals surface area contributed by atoms with Crippen molar-refractivity contribution in [2.45, 2.75) is 290 Å². The molecule has 0 aromatic heterocycles. The van der Waals surface area contributed by atoms with Gasteiger partial charge in [0.05, 0.1) is 0 Å². The summed E-state index contributed by atoms with van der Waals surface area (Å²) < 4.78 is 16.8. The Labute approximate surface area is 433 Å². The fourth-order valence-electron chi connectivity index (χ4n) is 8.22. The molecule has 0 heterocycles. The third-order valence-electron chi connectivity index (χ3n) is 12.6. The van der Waals surface area contributed by atoms with Gasteiger partial charge in [0.25, 0.3) is 0 Å². The number of rotatable bonds is 53. The SMILES string of the molecule is CC/C=C\C/C=C\C/C=C\C/C=C\CCCCCCCCC(=O)OCC(COC(=O)CCCCCCCCCCCCCCCCCC)OC(=O)CCC/C=C\C/C=C\C/C=C\CCCCCCCC. The summed E-state index contributed by atoms with van der Waals surface area (Å²) in [6.45, 7) is 6.49. The van der Waals surface area contributed by atoms with E-state index in [0.717, 1.165) is 96.3 Å². The summed E-state index contributed by atoms with van der Waals surface area (Å²) in [5.41, 5.74) is 0. The third kappa shape index (κ3) is 55.5. The molecule has 0 aliphatic rings. The van der Waals surface area contributed by atoms with Gasteiger partial charge in [-0.25, -0.2) is 0 Å². The van der Waals surface area contributed by atoms with E-state index in [1.807, 2.05) is 0 Å². The van der Waals surface area contributed by atoms with E-state index < -0.39 is 6.10 Å². The van der Waals surface area contributed by atoms with E-state index in [1.54, 1.807) is 0 Å². The Hall–Kier alpha value is -3.41. The largest absolute Gasteiger partial charge is 0.462 e. The van der Waals surface area contributed by atoms with Crippen molar-refractivity contribution in [3.63, 3.8) is 0 Å². The molecule has 0 aromatic rings. The highest BCUT2D eigenvalue weighted by atomic mass is 16.6. The van der Waals surface area contributed by atoms with Crippen molar-refractivity contribution >= 4 is 17.9 Å². The van der Waals surface area contributed by atoms with Crippen LogP contribution in [-0.2, 0) is 28.6 Å². The number of carbonyl (C=O) groups is 3. The summed E-state index contributed by atoms with van der Waals surface area (Å²) in [6, 6.07) is 0. The van der Waals surface area contributed by atoms with Crippen LogP contribution in [0, 0.1) is 0 Å². The van der Waals surface area contributed by atoms with Crippen LogP contribution in [0.15, 0.2) is 85.1 Å². The molecule has 0 amide bonds. The molecule has 70 heavy (non-hydrogen) atoms. The molecule has 0 aromatic carbocycles. The van der Waals surface area contributed by atoms with E-state index in [9.17, 15) is 14.4 Å². The van der Waals surface area contributed by atoms with Gasteiger partial charge in [-0.05, 0) is 89.9 Å². The highest BCUT2D eigenvalue weighted by Gasteiger charge is 2.19. The van der Waals surface area contributed by atoms with Crippen LogP contribution in [0.25, 0.3) is 0 Å². The van der Waals surface area contributed by atoms with Gasteiger partial charge in [-0.2, -0.15) is 0 Å². The van der Waals surface area contributed by atoms with Crippen molar-refractivity contribution in [1.82, 2.24) is 0 Å². The molecule has 0 N–H and O–H groups in total. The van der Waals surface area contributed by atoms with Crippen molar-refractivity contribution < 1.29 is 28.6 Å². The molecule has 0 aliphatic carbocycles. The molecule has 0 bridgehead atoms. The van der Waals surface area contributed by atoms with Crippen molar-refractivity contribution in [2.75, 3.05) is 13.2 Å². The van der Waals surface area contributed by atoms with Gasteiger partial charge < -0.3 is 14.2 Å². The van der Waals surface area contributed by atoms with Crippen LogP contribution in [0.3, 0.4) is 0 Å². The Morgan fingerprint density at radius 1 is 0.300 bits per heavy atom. The van der Waals surface area contributed by atoms with Crippen molar-refractivity contribution in [3.05, 3.63) is 85.1 Å². The minimum absolute atomic E-state index is 0.0991. The molecule has 0 fully saturated rings. The topological polar surface area (TPSA) is 78.9 Å². The highest BCUT2D eigenvalue weighted by Crippen LogP contribution is 2.16. The summed E-state index contributed by atoms with van der Waals surface area (Å²) in [5, 5.41) is 0. The van der Waals surface area contributed by atoms with E-state index in [4.69, 9.17) is 14.2 Å². The highest BCUT2D eigenvalue weighted by molar-refractivity contribution is 5.71. The van der Waals surface area contributed by atoms with E-state index in [0.29, 0.717) is 19.3 Å². The Morgan fingerprint density at radius 2 is 0.571 bits per heavy atom. The molecule has 6 nitrogen and oxygen atoms in total. The van der Waals surface area contributed by atoms with Gasteiger partial charge >= 0.3 is 17.9 Å². The van der Waals surface area contributed by atoms with Crippen LogP contribution in [0.1, 0.15) is 284 Å². The maximum atomic E-state index is 12.8. The quantitative estimate of drug-likeness (QED) is 0.0261. The Kier molecular flexibility index (Phi) is 55.3. The first-order chi connectivity index (χ1) is 34.5. The van der Waals surface area contributed by atoms with E-state index in [2.05, 4.69) is 106 Å². The van der Waals surface area contributed by atoms with E-state index in [1.165, 1.54) is 141 Å². The summed E-state index contributed by atoms with van der Waals surface area (Å²) in [6.07, 6.45) is 75.8. The second-order valence-corrected chi connectivity index (χ2v) is 19.5. The Bertz CT molecular complexity index is 1350. The lowest BCUT2D eigenvalue weighted by Gasteiger charge is -2.18. The number of allylic oxidation sites excluding steroid dienone is 14. The first-order valence-corrected chi connectivity index (χ1v) is 29.6. The molecular weight excluding hydrogens is 865 g/mol. The second kappa shape index (κ2) is 58.2. The monoisotopic (exact) mass is 975 g/mol. The minimum atomic E-state index is -0.808. The van der Waals surface area contributed by atoms with Crippen LogP contribution < -0.4 is 0 Å². The van der Waals surface area contributed by atoms with Gasteiger partial charge in [-0.3, -0.25) is 14.4 Å². The van der Waals surface area contributed by atoms with Gasteiger partial charge in [0.1, 0.15) is 13.2 Å². The summed E-state index contributed by atoms with van der Waals surface area (Å²) in [7, 11) is 0. The smallest absolute Gasteiger partial charge is 0.306 e. The summed E-state index contributed by atoms with van der Waals surface area (Å²) in [4.78, 5) is 38.2. The van der Waals surface area contributed by atoms with Gasteiger partial charge in [-0.1, -0.05) is 260 Å². The van der Waals surface area contributed by atoms with Gasteiger partial charge in [0.2, 0.25) is 0 Å². The molecule has 0 aliphatic heterocycles. The number of carbonyl (C=O) groups excluding carboxylic acids is 3. The van der Waals surface area contributed by atoms with Crippen LogP contribution >= 0.6 is 0 Å². The zero-order valence-electron chi connectivity index (χ0n) is 46.0. The lowest BCUT2D eigenvalue weighted by Crippen LogP contribution is -2.30. The van der Waals surface area contributed by atoms with Gasteiger partial charge in [0.15, 0.2) is 6.10 Å². The zero-order chi connectivity index (χ0) is 50.7. The van der Waals surface area contributed by atoms with Gasteiger partial charge in [-0.15, -0.1) is 0 Å². The number of hydrogen-bond acceptors (Lipinski definition) is 6. The molecule has 0 saturated heterocycles. The van der Waals surface area contributed by atoms with Crippen molar-refractivity contribution in [2.24, 2.45) is 0 Å². The predicted molar refractivity (Wildman–Crippen MR) is 302 cm³/mol. The predicted octanol–water partition coefficient (Wildman–Crippen LogP) is 19.9. The summed E-state index contributed by atoms with van der Waals surface area (Å²) in [5.74, 6) is -0.958. The molecule has 1 unspecified atom stereocenters. The zero-order valence-corrected chi connectivity index (χ0v) is 46.0. The minimum Gasteiger partial charge on any atom is -0.462 e. The standard InChI is InChI=1S/C64H110O6/c1-4-7-10-13-16-19-22-25-28-31-32-34-36-39-42-45-48-51-54-57-63(66)69-60-61(59-68-62(65)56-53-50-47-44-41-38-35-30-27-24-21-18-15-12-9-6-3)70-64(67)58-55-52-49-46-43-40-37-33-29-26-23-20-17-14-11-8-5-2/h7,10,16,19,25-26,28-29,32,34,37,40,46,49,61H,4-6,8-9,11-15,17-18,20-24,27,30-31,33,35-36,38-39,41-45,47-48,50-60H2,1-3H3/b10-7-,19-16-,28-25-,29-26-,34-32-,40-37-,49-46-. The van der Waals surface area contributed by atoms with E-state index >= 15 is 0 Å². The Balaban J connectivity index is 4.47. The van der Waals surface area contributed by atoms with Crippen LogP contribution in [-0.4, -0.2) is 37.2 Å². The first kappa shape index (κ1) is 66.6. The third-order valence-corrected chi connectivity index (χ3v) is 12.6. The maximum absolute atomic E-state index is 12.8. The lowest BCUT2D eigenvalue weighted by molar-refractivity contribution is -0.167. The molecule has 0 radical (unpaired) electrons. The van der Waals surface area contributed by atoms with E-state index in [-0.39, 0.29) is 37.5 Å². The molecule has 6 heteroatoms. The molecule has 1 atom stereocenters. The molecule has 0 spiro atoms. The Morgan fingerprint density at radius 3 is 0.914 bits per heavy atom. The van der Waals surface area contributed by atoms with Crippen molar-refractivity contribution in [3.8, 4) is 0 Å². The second-order valence-electron chi connectivity index (χ2n) is 19.5. The maximum Gasteiger partial charge on any atom is 0.306 e. The molecule has 0 saturated carbocycles. The summed E-state index contributed by atoms with van der Waals surface area (Å²) >= 11 is 0. The van der Waals surface area contributed by atoms with Crippen LogP contribution in [0.2, 0.25) is 0 Å². The fraction of sp³-hybridized carbons (Fsp3) is 0.734. The molecule has 402 valence electrons.